The summed E-state index contributed by atoms with van der Waals surface area (Å²) in [5.74, 6) is -0.184. The molecule has 3 aromatic rings. The van der Waals surface area contributed by atoms with E-state index < -0.39 is 0 Å². The van der Waals surface area contributed by atoms with Gasteiger partial charge in [-0.1, -0.05) is 36.4 Å². The number of anilines is 1. The average Bonchev–Trinajstić information content (AvgIpc) is 2.73. The van der Waals surface area contributed by atoms with Crippen LogP contribution in [0.4, 0.5) is 5.69 Å². The standard InChI is InChI=1S/C24H22N2O2/c1-17-5-4-8-22(15-17)25-23(27)19-9-11-20(12-10-19)24(28)26-14-13-18-6-2-3-7-21(18)16-26/h2-12,15H,13-14,16H2,1H3,(H,25,27). The highest BCUT2D eigenvalue weighted by Crippen LogP contribution is 2.20. The summed E-state index contributed by atoms with van der Waals surface area (Å²) in [5.41, 5.74) is 5.50. The molecule has 4 nitrogen and oxygen atoms in total. The number of nitrogens with one attached hydrogen (secondary N) is 1. The van der Waals surface area contributed by atoms with Crippen LogP contribution in [0.25, 0.3) is 0 Å². The van der Waals surface area contributed by atoms with Gasteiger partial charge in [0.25, 0.3) is 11.8 Å². The van der Waals surface area contributed by atoms with E-state index in [0.29, 0.717) is 24.2 Å². The van der Waals surface area contributed by atoms with Gasteiger partial charge in [-0.05, 0) is 66.4 Å². The quantitative estimate of drug-likeness (QED) is 0.741. The lowest BCUT2D eigenvalue weighted by Gasteiger charge is -2.29. The van der Waals surface area contributed by atoms with Crippen molar-refractivity contribution in [2.75, 3.05) is 11.9 Å². The molecule has 1 N–H and O–H groups in total. The predicted molar refractivity (Wildman–Crippen MR) is 110 cm³/mol. The number of carbonyl (C=O) groups is 2. The Kier molecular flexibility index (Phi) is 4.94. The van der Waals surface area contributed by atoms with Crippen LogP contribution >= 0.6 is 0 Å². The van der Waals surface area contributed by atoms with Gasteiger partial charge in [0.1, 0.15) is 0 Å². The summed E-state index contributed by atoms with van der Waals surface area (Å²) in [7, 11) is 0. The van der Waals surface area contributed by atoms with Crippen LogP contribution in [0.1, 0.15) is 37.4 Å². The van der Waals surface area contributed by atoms with Crippen LogP contribution in [0.3, 0.4) is 0 Å². The van der Waals surface area contributed by atoms with Crippen LogP contribution in [0.2, 0.25) is 0 Å². The van der Waals surface area contributed by atoms with Gasteiger partial charge < -0.3 is 10.2 Å². The summed E-state index contributed by atoms with van der Waals surface area (Å²) >= 11 is 0. The zero-order chi connectivity index (χ0) is 19.5. The Morgan fingerprint density at radius 2 is 1.57 bits per heavy atom. The highest BCUT2D eigenvalue weighted by molar-refractivity contribution is 6.05. The van der Waals surface area contributed by atoms with E-state index >= 15 is 0 Å². The first kappa shape index (κ1) is 18.0. The van der Waals surface area contributed by atoms with E-state index in [9.17, 15) is 9.59 Å². The highest BCUT2D eigenvalue weighted by Gasteiger charge is 2.21. The zero-order valence-electron chi connectivity index (χ0n) is 15.8. The maximum absolute atomic E-state index is 12.8. The van der Waals surface area contributed by atoms with Crippen molar-refractivity contribution in [3.63, 3.8) is 0 Å². The molecule has 0 bridgehead atoms. The lowest BCUT2D eigenvalue weighted by Crippen LogP contribution is -2.35. The molecule has 4 rings (SSSR count). The molecule has 0 aliphatic carbocycles. The SMILES string of the molecule is Cc1cccc(NC(=O)c2ccc(C(=O)N3CCc4ccccc4C3)cc2)c1. The molecule has 1 aliphatic rings. The van der Waals surface area contributed by atoms with Crippen LogP contribution < -0.4 is 5.32 Å². The molecule has 0 saturated carbocycles. The summed E-state index contributed by atoms with van der Waals surface area (Å²) in [6.07, 6.45) is 0.874. The van der Waals surface area contributed by atoms with E-state index in [0.717, 1.165) is 17.7 Å². The Labute approximate surface area is 164 Å². The molecule has 28 heavy (non-hydrogen) atoms. The van der Waals surface area contributed by atoms with Crippen molar-refractivity contribution in [2.24, 2.45) is 0 Å². The Balaban J connectivity index is 1.44. The number of hydrogen-bond donors (Lipinski definition) is 1. The van der Waals surface area contributed by atoms with E-state index in [4.69, 9.17) is 0 Å². The van der Waals surface area contributed by atoms with Gasteiger partial charge in [0, 0.05) is 29.9 Å². The minimum Gasteiger partial charge on any atom is -0.334 e. The lowest BCUT2D eigenvalue weighted by molar-refractivity contribution is 0.0734. The molecule has 1 aliphatic heterocycles. The summed E-state index contributed by atoms with van der Waals surface area (Å²) in [5, 5.41) is 2.89. The number of nitrogens with zero attached hydrogens (tertiary/aromatic N) is 1. The van der Waals surface area contributed by atoms with Crippen molar-refractivity contribution in [2.45, 2.75) is 19.9 Å². The first-order valence-corrected chi connectivity index (χ1v) is 9.44. The molecule has 0 aromatic heterocycles. The Morgan fingerprint density at radius 3 is 2.32 bits per heavy atom. The minimum absolute atomic E-state index is 0.000135. The zero-order valence-corrected chi connectivity index (χ0v) is 15.8. The van der Waals surface area contributed by atoms with E-state index in [-0.39, 0.29) is 11.8 Å². The fourth-order valence-electron chi connectivity index (χ4n) is 3.54. The molecule has 0 radical (unpaired) electrons. The van der Waals surface area contributed by atoms with E-state index in [2.05, 4.69) is 17.4 Å². The number of hydrogen-bond acceptors (Lipinski definition) is 2. The van der Waals surface area contributed by atoms with Crippen LogP contribution in [0, 0.1) is 6.92 Å². The van der Waals surface area contributed by atoms with Crippen molar-refractivity contribution in [1.29, 1.82) is 0 Å². The van der Waals surface area contributed by atoms with Crippen molar-refractivity contribution >= 4 is 17.5 Å². The third-order valence-electron chi connectivity index (χ3n) is 5.09. The van der Waals surface area contributed by atoms with Crippen molar-refractivity contribution in [3.8, 4) is 0 Å². The summed E-state index contributed by atoms with van der Waals surface area (Å²) in [6.45, 7) is 3.32. The van der Waals surface area contributed by atoms with E-state index in [1.165, 1.54) is 11.1 Å². The molecule has 0 fully saturated rings. The highest BCUT2D eigenvalue weighted by atomic mass is 16.2. The normalized spacial score (nSPS) is 13.0. The summed E-state index contributed by atoms with van der Waals surface area (Å²) in [6, 6.07) is 22.8. The van der Waals surface area contributed by atoms with Crippen LogP contribution in [0.15, 0.2) is 72.8 Å². The van der Waals surface area contributed by atoms with Gasteiger partial charge >= 0.3 is 0 Å². The van der Waals surface area contributed by atoms with Crippen LogP contribution in [-0.4, -0.2) is 23.3 Å². The average molecular weight is 370 g/mol. The molecule has 0 spiro atoms. The lowest BCUT2D eigenvalue weighted by atomic mass is 9.99. The molecule has 4 heteroatoms. The largest absolute Gasteiger partial charge is 0.334 e. The summed E-state index contributed by atoms with van der Waals surface area (Å²) < 4.78 is 0. The second-order valence-corrected chi connectivity index (χ2v) is 7.15. The number of aryl methyl sites for hydroxylation is 1. The van der Waals surface area contributed by atoms with Gasteiger partial charge in [0.05, 0.1) is 0 Å². The minimum atomic E-state index is -0.184. The summed E-state index contributed by atoms with van der Waals surface area (Å²) in [4.78, 5) is 27.1. The molecule has 1 heterocycles. The fourth-order valence-corrected chi connectivity index (χ4v) is 3.54. The predicted octanol–water partition coefficient (Wildman–Crippen LogP) is 4.45. The second kappa shape index (κ2) is 7.69. The van der Waals surface area contributed by atoms with Crippen LogP contribution in [-0.2, 0) is 13.0 Å². The number of fused-ring (bicyclic) bond motifs is 1. The smallest absolute Gasteiger partial charge is 0.255 e. The maximum atomic E-state index is 12.8. The Morgan fingerprint density at radius 1 is 0.857 bits per heavy atom. The molecule has 140 valence electrons. The Hall–Kier alpha value is -3.40. The van der Waals surface area contributed by atoms with E-state index in [1.54, 1.807) is 24.3 Å². The van der Waals surface area contributed by atoms with Gasteiger partial charge in [-0.25, -0.2) is 0 Å². The number of rotatable bonds is 3. The molecule has 0 unspecified atom stereocenters. The second-order valence-electron chi connectivity index (χ2n) is 7.15. The third-order valence-corrected chi connectivity index (χ3v) is 5.09. The monoisotopic (exact) mass is 370 g/mol. The van der Waals surface area contributed by atoms with Gasteiger partial charge in [0.15, 0.2) is 0 Å². The fraction of sp³-hybridized carbons (Fsp3) is 0.167. The number of benzene rings is 3. The van der Waals surface area contributed by atoms with Gasteiger partial charge in [-0.2, -0.15) is 0 Å². The Bertz CT molecular complexity index is 1020. The molecular weight excluding hydrogens is 348 g/mol. The number of carbonyl (C=O) groups excluding carboxylic acids is 2. The first-order valence-electron chi connectivity index (χ1n) is 9.44. The molecule has 0 atom stereocenters. The topological polar surface area (TPSA) is 49.4 Å². The molecular formula is C24H22N2O2. The van der Waals surface area contributed by atoms with Gasteiger partial charge in [-0.3, -0.25) is 9.59 Å². The third kappa shape index (κ3) is 3.81. The van der Waals surface area contributed by atoms with Crippen molar-refractivity contribution in [1.82, 2.24) is 4.90 Å². The van der Waals surface area contributed by atoms with Gasteiger partial charge in [0.2, 0.25) is 0 Å². The first-order chi connectivity index (χ1) is 13.6. The van der Waals surface area contributed by atoms with Gasteiger partial charge in [-0.15, -0.1) is 0 Å². The molecule has 3 aromatic carbocycles. The molecule has 2 amide bonds. The van der Waals surface area contributed by atoms with E-state index in [1.807, 2.05) is 48.2 Å². The van der Waals surface area contributed by atoms with Crippen molar-refractivity contribution < 1.29 is 9.59 Å². The maximum Gasteiger partial charge on any atom is 0.255 e. The van der Waals surface area contributed by atoms with Crippen LogP contribution in [0.5, 0.6) is 0 Å². The number of amides is 2. The molecule has 0 saturated heterocycles. The van der Waals surface area contributed by atoms with Crippen molar-refractivity contribution in [3.05, 3.63) is 101 Å².